The van der Waals surface area contributed by atoms with E-state index in [9.17, 15) is 9.18 Å². The van der Waals surface area contributed by atoms with Crippen molar-refractivity contribution in [2.75, 3.05) is 6.67 Å². The van der Waals surface area contributed by atoms with Gasteiger partial charge in [-0.05, 0) is 58.0 Å². The second-order valence-corrected chi connectivity index (χ2v) is 8.57. The molecule has 1 saturated heterocycles. The summed E-state index contributed by atoms with van der Waals surface area (Å²) in [5.41, 5.74) is 0.265. The molecule has 2 aliphatic rings. The predicted octanol–water partition coefficient (Wildman–Crippen LogP) is 4.50. The molecule has 0 radical (unpaired) electrons. The molecule has 5 heteroatoms. The molecular formula is C21H28BFO3. The second-order valence-electron chi connectivity index (χ2n) is 8.57. The Morgan fingerprint density at radius 3 is 2.23 bits per heavy atom. The summed E-state index contributed by atoms with van der Waals surface area (Å²) >= 11 is 0. The van der Waals surface area contributed by atoms with E-state index in [4.69, 9.17) is 9.31 Å². The van der Waals surface area contributed by atoms with Gasteiger partial charge in [-0.25, -0.2) is 4.39 Å². The van der Waals surface area contributed by atoms with Gasteiger partial charge in [0.1, 0.15) is 12.5 Å². The van der Waals surface area contributed by atoms with Crippen LogP contribution < -0.4 is 0 Å². The van der Waals surface area contributed by atoms with Crippen molar-refractivity contribution in [2.45, 2.75) is 64.6 Å². The molecule has 1 aromatic carbocycles. The molecule has 0 bridgehead atoms. The predicted molar refractivity (Wildman–Crippen MR) is 102 cm³/mol. The van der Waals surface area contributed by atoms with E-state index in [1.165, 1.54) is 0 Å². The molecule has 1 aliphatic carbocycles. The molecule has 1 aliphatic heterocycles. The molecule has 140 valence electrons. The Bertz CT molecular complexity index is 682. The van der Waals surface area contributed by atoms with Crippen LogP contribution >= 0.6 is 0 Å². The van der Waals surface area contributed by atoms with E-state index in [0.717, 1.165) is 11.0 Å². The van der Waals surface area contributed by atoms with Gasteiger partial charge in [-0.3, -0.25) is 4.79 Å². The lowest BCUT2D eigenvalue weighted by atomic mass is 9.64. The van der Waals surface area contributed by atoms with Crippen molar-refractivity contribution in [1.29, 1.82) is 0 Å². The van der Waals surface area contributed by atoms with Gasteiger partial charge in [0.05, 0.1) is 16.6 Å². The van der Waals surface area contributed by atoms with Crippen LogP contribution in [0.3, 0.4) is 0 Å². The van der Waals surface area contributed by atoms with Crippen LogP contribution in [-0.2, 0) is 20.5 Å². The molecule has 0 saturated carbocycles. The number of halogens is 1. The minimum Gasteiger partial charge on any atom is -0.400 e. The zero-order valence-corrected chi connectivity index (χ0v) is 16.2. The Morgan fingerprint density at radius 2 is 1.73 bits per heavy atom. The summed E-state index contributed by atoms with van der Waals surface area (Å²) in [4.78, 5) is 12.8. The van der Waals surface area contributed by atoms with Crippen LogP contribution in [0.4, 0.5) is 4.39 Å². The number of allylic oxidation sites excluding steroid dienone is 2. The second kappa shape index (κ2) is 6.93. The molecule has 3 rings (SSSR count). The van der Waals surface area contributed by atoms with Crippen LogP contribution in [0.25, 0.3) is 0 Å². The molecule has 1 atom stereocenters. The topological polar surface area (TPSA) is 35.5 Å². The molecule has 0 spiro atoms. The highest BCUT2D eigenvalue weighted by Crippen LogP contribution is 2.43. The Hall–Kier alpha value is -1.46. The third kappa shape index (κ3) is 3.52. The monoisotopic (exact) mass is 358 g/mol. The number of hydrogen-bond donors (Lipinski definition) is 0. The van der Waals surface area contributed by atoms with Crippen LogP contribution in [0, 0.1) is 5.41 Å². The van der Waals surface area contributed by atoms with Crippen molar-refractivity contribution in [3.05, 3.63) is 47.4 Å². The van der Waals surface area contributed by atoms with Gasteiger partial charge >= 0.3 is 7.12 Å². The minimum absolute atomic E-state index is 0.0181. The van der Waals surface area contributed by atoms with Crippen molar-refractivity contribution in [3.8, 4) is 0 Å². The fourth-order valence-electron chi connectivity index (χ4n) is 3.54. The Kier molecular flexibility index (Phi) is 5.15. The maximum atomic E-state index is 13.9. The molecule has 1 aromatic rings. The highest BCUT2D eigenvalue weighted by atomic mass is 19.1. The van der Waals surface area contributed by atoms with E-state index >= 15 is 0 Å². The van der Waals surface area contributed by atoms with Crippen LogP contribution in [0.15, 0.2) is 41.9 Å². The molecule has 26 heavy (non-hydrogen) atoms. The van der Waals surface area contributed by atoms with E-state index in [1.54, 1.807) is 0 Å². The van der Waals surface area contributed by atoms with Gasteiger partial charge in [-0.2, -0.15) is 0 Å². The van der Waals surface area contributed by atoms with Gasteiger partial charge in [-0.1, -0.05) is 36.4 Å². The average molecular weight is 358 g/mol. The Morgan fingerprint density at radius 1 is 1.12 bits per heavy atom. The number of Topliss-reactive ketones (excluding diaryl/α,β-unsaturated/α-hetero) is 1. The van der Waals surface area contributed by atoms with Gasteiger partial charge in [0, 0.05) is 6.42 Å². The van der Waals surface area contributed by atoms with Crippen LogP contribution in [0.1, 0.15) is 52.5 Å². The van der Waals surface area contributed by atoms with Crippen LogP contribution in [-0.4, -0.2) is 30.8 Å². The van der Waals surface area contributed by atoms with Gasteiger partial charge < -0.3 is 9.31 Å². The molecule has 0 aromatic heterocycles. The van der Waals surface area contributed by atoms with Crippen molar-refractivity contribution in [3.63, 3.8) is 0 Å². The van der Waals surface area contributed by atoms with Crippen molar-refractivity contribution in [1.82, 2.24) is 0 Å². The SMILES string of the molecule is CC1(C)OB(C2=CCC(CF)(C(=O)Cc3ccccc3)CC2)OC1(C)C. The van der Waals surface area contributed by atoms with Crippen molar-refractivity contribution >= 4 is 12.9 Å². The van der Waals surface area contributed by atoms with Crippen LogP contribution in [0.5, 0.6) is 0 Å². The molecular weight excluding hydrogens is 330 g/mol. The lowest BCUT2D eigenvalue weighted by molar-refractivity contribution is -0.129. The lowest BCUT2D eigenvalue weighted by Crippen LogP contribution is -2.41. The maximum absolute atomic E-state index is 13.9. The zero-order chi connectivity index (χ0) is 19.0. The molecule has 1 unspecified atom stereocenters. The maximum Gasteiger partial charge on any atom is 0.490 e. The first-order chi connectivity index (χ1) is 12.2. The first-order valence-electron chi connectivity index (χ1n) is 9.37. The standard InChI is InChI=1S/C21H28BFO3/c1-19(2)20(3,4)26-22(25-19)17-10-12-21(15-23,13-11-17)18(24)14-16-8-6-5-7-9-16/h5-10H,11-15H2,1-4H3. The highest BCUT2D eigenvalue weighted by Gasteiger charge is 2.53. The van der Waals surface area contributed by atoms with Crippen molar-refractivity contribution in [2.24, 2.45) is 5.41 Å². The molecule has 1 heterocycles. The van der Waals surface area contributed by atoms with E-state index < -0.39 is 30.4 Å². The number of carbonyl (C=O) groups is 1. The van der Waals surface area contributed by atoms with E-state index in [-0.39, 0.29) is 12.2 Å². The minimum atomic E-state index is -0.914. The highest BCUT2D eigenvalue weighted by molar-refractivity contribution is 6.54. The molecule has 3 nitrogen and oxygen atoms in total. The Balaban J connectivity index is 1.71. The number of ketones is 1. The smallest absolute Gasteiger partial charge is 0.400 e. The average Bonchev–Trinajstić information content (AvgIpc) is 2.83. The van der Waals surface area contributed by atoms with Gasteiger partial charge in [0.15, 0.2) is 0 Å². The van der Waals surface area contributed by atoms with Gasteiger partial charge in [0.2, 0.25) is 0 Å². The summed E-state index contributed by atoms with van der Waals surface area (Å²) < 4.78 is 26.1. The van der Waals surface area contributed by atoms with Gasteiger partial charge in [-0.15, -0.1) is 0 Å². The summed E-state index contributed by atoms with van der Waals surface area (Å²) in [6.45, 7) is 7.46. The van der Waals surface area contributed by atoms with Crippen molar-refractivity contribution < 1.29 is 18.5 Å². The Labute approximate surface area is 156 Å². The number of rotatable bonds is 5. The lowest BCUT2D eigenvalue weighted by Gasteiger charge is -2.33. The van der Waals surface area contributed by atoms with Gasteiger partial charge in [0.25, 0.3) is 0 Å². The van der Waals surface area contributed by atoms with E-state index in [1.807, 2.05) is 64.1 Å². The summed E-state index contributed by atoms with van der Waals surface area (Å²) in [6.07, 6.45) is 3.79. The first-order valence-corrected chi connectivity index (χ1v) is 9.37. The fraction of sp³-hybridized carbons (Fsp3) is 0.571. The normalized spacial score (nSPS) is 27.3. The summed E-state index contributed by atoms with van der Waals surface area (Å²) in [6, 6.07) is 9.56. The first kappa shape index (κ1) is 19.3. The molecule has 1 fully saturated rings. The third-order valence-corrected chi connectivity index (χ3v) is 6.26. The number of benzene rings is 1. The van der Waals surface area contributed by atoms with Crippen LogP contribution in [0.2, 0.25) is 0 Å². The third-order valence-electron chi connectivity index (χ3n) is 6.26. The fourth-order valence-corrected chi connectivity index (χ4v) is 3.54. The number of hydrogen-bond acceptors (Lipinski definition) is 3. The van der Waals surface area contributed by atoms with E-state index in [0.29, 0.717) is 19.3 Å². The zero-order valence-electron chi connectivity index (χ0n) is 16.2. The summed E-state index contributed by atoms with van der Waals surface area (Å²) in [5.74, 6) is -0.0181. The quantitative estimate of drug-likeness (QED) is 0.728. The summed E-state index contributed by atoms with van der Waals surface area (Å²) in [7, 11) is -0.401. The molecule has 0 N–H and O–H groups in total. The largest absolute Gasteiger partial charge is 0.490 e. The summed E-state index contributed by atoms with van der Waals surface area (Å²) in [5, 5.41) is 0. The number of carbonyl (C=O) groups excluding carboxylic acids is 1. The molecule has 0 amide bonds. The van der Waals surface area contributed by atoms with E-state index in [2.05, 4.69) is 0 Å². The number of alkyl halides is 1.